The van der Waals surface area contributed by atoms with Crippen molar-refractivity contribution in [1.29, 1.82) is 0 Å². The van der Waals surface area contributed by atoms with Gasteiger partial charge in [-0.05, 0) is 36.6 Å². The van der Waals surface area contributed by atoms with E-state index in [0.29, 0.717) is 5.56 Å². The van der Waals surface area contributed by atoms with E-state index in [2.05, 4.69) is 38.6 Å². The third-order valence-corrected chi connectivity index (χ3v) is 5.35. The number of rotatable bonds is 5. The van der Waals surface area contributed by atoms with Gasteiger partial charge in [-0.1, -0.05) is 36.4 Å². The highest BCUT2D eigenvalue weighted by atomic mass is 16.1. The number of anilines is 2. The third kappa shape index (κ3) is 4.42. The summed E-state index contributed by atoms with van der Waals surface area (Å²) in [4.78, 5) is 17.0. The van der Waals surface area contributed by atoms with Crippen molar-refractivity contribution in [3.63, 3.8) is 0 Å². The summed E-state index contributed by atoms with van der Waals surface area (Å²) in [5, 5.41) is 10.8. The van der Waals surface area contributed by atoms with E-state index < -0.39 is 0 Å². The molecule has 150 valence electrons. The second-order valence-corrected chi connectivity index (χ2v) is 7.71. The number of nitrogens with zero attached hydrogens (tertiary/aromatic N) is 3. The van der Waals surface area contributed by atoms with Crippen LogP contribution in [0.1, 0.15) is 23.2 Å². The quantitative estimate of drug-likeness (QED) is 0.701. The van der Waals surface area contributed by atoms with Gasteiger partial charge in [-0.3, -0.25) is 9.89 Å². The van der Waals surface area contributed by atoms with Gasteiger partial charge in [0.05, 0.1) is 5.69 Å². The lowest BCUT2D eigenvalue weighted by molar-refractivity contribution is 0.0933. The maximum atomic E-state index is 12.8. The van der Waals surface area contributed by atoms with Crippen molar-refractivity contribution in [2.75, 3.05) is 37.0 Å². The lowest BCUT2D eigenvalue weighted by Crippen LogP contribution is -2.48. The van der Waals surface area contributed by atoms with Crippen LogP contribution in [0.15, 0.2) is 60.7 Å². The Morgan fingerprint density at radius 3 is 2.76 bits per heavy atom. The summed E-state index contributed by atoms with van der Waals surface area (Å²) in [6, 6.07) is 20.1. The van der Waals surface area contributed by atoms with Gasteiger partial charge in [0.2, 0.25) is 0 Å². The molecule has 1 aliphatic rings. The van der Waals surface area contributed by atoms with Crippen LogP contribution in [0.4, 0.5) is 11.5 Å². The summed E-state index contributed by atoms with van der Waals surface area (Å²) in [5.74, 6) is 0.907. The summed E-state index contributed by atoms with van der Waals surface area (Å²) in [5.41, 5.74) is 3.84. The first-order chi connectivity index (χ1) is 14.1. The molecule has 2 aromatic carbocycles. The van der Waals surface area contributed by atoms with E-state index in [0.717, 1.165) is 48.7 Å². The predicted molar refractivity (Wildman–Crippen MR) is 117 cm³/mol. The Morgan fingerprint density at radius 2 is 1.97 bits per heavy atom. The van der Waals surface area contributed by atoms with Crippen LogP contribution in [-0.2, 0) is 0 Å². The molecule has 29 heavy (non-hydrogen) atoms. The molecule has 2 N–H and O–H groups in total. The van der Waals surface area contributed by atoms with E-state index in [-0.39, 0.29) is 11.9 Å². The molecular formula is C23H27N5O. The lowest BCUT2D eigenvalue weighted by atomic mass is 10.0. The van der Waals surface area contributed by atoms with Gasteiger partial charge in [0.25, 0.3) is 5.91 Å². The van der Waals surface area contributed by atoms with Crippen LogP contribution in [0, 0.1) is 0 Å². The number of carbonyl (C=O) groups excluding carboxylic acids is 1. The van der Waals surface area contributed by atoms with Crippen molar-refractivity contribution >= 4 is 17.4 Å². The van der Waals surface area contributed by atoms with E-state index >= 15 is 0 Å². The number of aromatic nitrogens is 2. The molecule has 6 heteroatoms. The summed E-state index contributed by atoms with van der Waals surface area (Å²) >= 11 is 0. The molecule has 0 saturated carbocycles. The molecule has 1 aromatic heterocycles. The first kappa shape index (κ1) is 19.1. The second-order valence-electron chi connectivity index (χ2n) is 7.71. The maximum absolute atomic E-state index is 12.8. The number of hydrogen-bond donors (Lipinski definition) is 2. The Hall–Kier alpha value is -3.28. The first-order valence-corrected chi connectivity index (χ1v) is 10.0. The number of benzene rings is 2. The molecule has 0 bridgehead atoms. The highest BCUT2D eigenvalue weighted by Crippen LogP contribution is 2.24. The lowest BCUT2D eigenvalue weighted by Gasteiger charge is -2.33. The third-order valence-electron chi connectivity index (χ3n) is 5.35. The van der Waals surface area contributed by atoms with Gasteiger partial charge in [-0.25, -0.2) is 0 Å². The minimum Gasteiger partial charge on any atom is -0.378 e. The molecule has 0 radical (unpaired) electrons. The van der Waals surface area contributed by atoms with Crippen LogP contribution in [0.3, 0.4) is 0 Å². The largest absolute Gasteiger partial charge is 0.378 e. The molecule has 0 unspecified atom stereocenters. The van der Waals surface area contributed by atoms with Gasteiger partial charge < -0.3 is 15.1 Å². The fourth-order valence-corrected chi connectivity index (χ4v) is 3.74. The zero-order valence-electron chi connectivity index (χ0n) is 16.9. The average molecular weight is 390 g/mol. The molecule has 3 aromatic rings. The Balaban J connectivity index is 1.42. The predicted octanol–water partition coefficient (Wildman–Crippen LogP) is 3.54. The van der Waals surface area contributed by atoms with E-state index in [1.54, 1.807) is 0 Å². The van der Waals surface area contributed by atoms with Gasteiger partial charge >= 0.3 is 0 Å². The minimum atomic E-state index is -0.0208. The summed E-state index contributed by atoms with van der Waals surface area (Å²) in [6.07, 6.45) is 2.00. The highest BCUT2D eigenvalue weighted by Gasteiger charge is 2.23. The van der Waals surface area contributed by atoms with Gasteiger partial charge in [0.1, 0.15) is 0 Å². The fraction of sp³-hybridized carbons (Fsp3) is 0.304. The Labute approximate surface area is 171 Å². The van der Waals surface area contributed by atoms with E-state index in [1.807, 2.05) is 61.5 Å². The Bertz CT molecular complexity index is 966. The maximum Gasteiger partial charge on any atom is 0.251 e. The molecule has 1 amide bonds. The van der Waals surface area contributed by atoms with E-state index in [1.165, 1.54) is 0 Å². The number of amides is 1. The van der Waals surface area contributed by atoms with Crippen LogP contribution in [-0.4, -0.2) is 49.3 Å². The molecule has 1 fully saturated rings. The van der Waals surface area contributed by atoms with Crippen LogP contribution < -0.4 is 15.1 Å². The number of hydrogen-bond acceptors (Lipinski definition) is 4. The smallest absolute Gasteiger partial charge is 0.251 e. The van der Waals surface area contributed by atoms with Crippen molar-refractivity contribution in [2.45, 2.75) is 18.9 Å². The van der Waals surface area contributed by atoms with Gasteiger partial charge in [-0.2, -0.15) is 5.10 Å². The number of piperidine rings is 1. The molecule has 1 atom stereocenters. The number of carbonyl (C=O) groups is 1. The van der Waals surface area contributed by atoms with Crippen LogP contribution in [0.25, 0.3) is 11.3 Å². The number of aromatic amines is 1. The summed E-state index contributed by atoms with van der Waals surface area (Å²) < 4.78 is 0. The summed E-state index contributed by atoms with van der Waals surface area (Å²) in [7, 11) is 3.95. The topological polar surface area (TPSA) is 64.3 Å². The van der Waals surface area contributed by atoms with Crippen molar-refractivity contribution in [1.82, 2.24) is 15.5 Å². The zero-order valence-corrected chi connectivity index (χ0v) is 16.9. The van der Waals surface area contributed by atoms with Crippen LogP contribution in [0.2, 0.25) is 0 Å². The summed E-state index contributed by atoms with van der Waals surface area (Å²) in [6.45, 7) is 1.71. The Morgan fingerprint density at radius 1 is 1.14 bits per heavy atom. The minimum absolute atomic E-state index is 0.0208. The molecule has 1 saturated heterocycles. The second kappa shape index (κ2) is 8.39. The van der Waals surface area contributed by atoms with Crippen molar-refractivity contribution in [3.8, 4) is 11.3 Å². The van der Waals surface area contributed by atoms with Gasteiger partial charge in [0.15, 0.2) is 5.82 Å². The fourth-order valence-electron chi connectivity index (χ4n) is 3.74. The molecule has 4 rings (SSSR count). The molecule has 6 nitrogen and oxygen atoms in total. The molecule has 1 aliphatic heterocycles. The first-order valence-electron chi connectivity index (χ1n) is 10.0. The normalized spacial score (nSPS) is 16.5. The van der Waals surface area contributed by atoms with E-state index in [4.69, 9.17) is 0 Å². The number of H-pyrrole nitrogens is 1. The standard InChI is InChI=1S/C23H27N5O/c1-27(2)20-12-6-10-18(14-20)23(29)24-19-11-7-13-28(16-19)22-15-21(25-26-22)17-8-4-3-5-9-17/h3-6,8-10,12,14-15,19H,7,11,13,16H2,1-2H3,(H,24,29)(H,25,26)/t19-/m1/s1. The molecular weight excluding hydrogens is 362 g/mol. The van der Waals surface area contributed by atoms with Gasteiger partial charge in [0, 0.05) is 50.5 Å². The van der Waals surface area contributed by atoms with Gasteiger partial charge in [-0.15, -0.1) is 0 Å². The zero-order chi connectivity index (χ0) is 20.2. The van der Waals surface area contributed by atoms with Crippen molar-refractivity contribution in [2.24, 2.45) is 0 Å². The van der Waals surface area contributed by atoms with Crippen molar-refractivity contribution in [3.05, 3.63) is 66.2 Å². The van der Waals surface area contributed by atoms with Crippen LogP contribution >= 0.6 is 0 Å². The molecule has 0 aliphatic carbocycles. The SMILES string of the molecule is CN(C)c1cccc(C(=O)N[C@@H]2CCCN(c3cc(-c4ccccc4)[nH]n3)C2)c1. The highest BCUT2D eigenvalue weighted by molar-refractivity contribution is 5.95. The number of nitrogens with one attached hydrogen (secondary N) is 2. The molecule has 0 spiro atoms. The van der Waals surface area contributed by atoms with Crippen LogP contribution in [0.5, 0.6) is 0 Å². The molecule has 2 heterocycles. The monoisotopic (exact) mass is 389 g/mol. The Kier molecular flexibility index (Phi) is 5.51. The average Bonchev–Trinajstić information content (AvgIpc) is 3.25. The van der Waals surface area contributed by atoms with E-state index in [9.17, 15) is 4.79 Å². The van der Waals surface area contributed by atoms with Crippen molar-refractivity contribution < 1.29 is 4.79 Å².